The summed E-state index contributed by atoms with van der Waals surface area (Å²) in [6, 6.07) is 0. The normalized spacial score (nSPS) is 24.6. The molecule has 0 amide bonds. The topological polar surface area (TPSA) is 214 Å². The number of aliphatic hydroxyl groups excluding tert-OH is 7. The first-order valence-electron chi connectivity index (χ1n) is 31.2. The Hall–Kier alpha value is -2.83. The molecule has 0 aliphatic carbocycles. The Morgan fingerprint density at radius 1 is 0.430 bits per heavy atom. The summed E-state index contributed by atoms with van der Waals surface area (Å²) in [6.07, 6.45) is 50.6. The minimum atomic E-state index is -1.71. The summed E-state index contributed by atoms with van der Waals surface area (Å²) in [7, 11) is 0. The van der Waals surface area contributed by atoms with Gasteiger partial charge in [-0.3, -0.25) is 4.79 Å². The van der Waals surface area contributed by atoms with Crippen LogP contribution in [0.4, 0.5) is 0 Å². The van der Waals surface area contributed by atoms with E-state index >= 15 is 0 Å². The number of carbonyl (C=O) groups is 1. The van der Waals surface area contributed by atoms with Gasteiger partial charge in [0.15, 0.2) is 12.6 Å². The van der Waals surface area contributed by atoms with E-state index in [1.165, 1.54) is 96.3 Å². The van der Waals surface area contributed by atoms with Gasteiger partial charge in [0.05, 0.1) is 26.4 Å². The number of hydrogen-bond acceptors (Lipinski definition) is 14. The Labute approximate surface area is 478 Å². The maximum absolute atomic E-state index is 13.1. The van der Waals surface area contributed by atoms with Crippen LogP contribution >= 0.6 is 0 Å². The highest BCUT2D eigenvalue weighted by atomic mass is 16.7. The first-order valence-corrected chi connectivity index (χ1v) is 31.2. The molecule has 0 bridgehead atoms. The van der Waals surface area contributed by atoms with Gasteiger partial charge in [0.25, 0.3) is 0 Å². The van der Waals surface area contributed by atoms with E-state index in [4.69, 9.17) is 28.4 Å². The molecule has 0 spiro atoms. The highest BCUT2D eigenvalue weighted by Gasteiger charge is 2.47. The predicted octanol–water partition coefficient (Wildman–Crippen LogP) is 12.0. The van der Waals surface area contributed by atoms with Crippen LogP contribution in [0, 0.1) is 0 Å². The number of hydrogen-bond donors (Lipinski definition) is 7. The van der Waals surface area contributed by atoms with Crippen molar-refractivity contribution in [1.82, 2.24) is 0 Å². The van der Waals surface area contributed by atoms with Gasteiger partial charge in [0.2, 0.25) is 0 Å². The van der Waals surface area contributed by atoms with Crippen molar-refractivity contribution in [1.29, 1.82) is 0 Å². The van der Waals surface area contributed by atoms with Gasteiger partial charge in [-0.2, -0.15) is 0 Å². The highest BCUT2D eigenvalue weighted by Crippen LogP contribution is 2.27. The lowest BCUT2D eigenvalue weighted by molar-refractivity contribution is -0.332. The molecule has 0 aromatic carbocycles. The van der Waals surface area contributed by atoms with Gasteiger partial charge in [-0.05, 0) is 89.9 Å². The van der Waals surface area contributed by atoms with E-state index in [9.17, 15) is 40.5 Å². The maximum Gasteiger partial charge on any atom is 0.306 e. The molecule has 11 unspecified atom stereocenters. The second-order valence-corrected chi connectivity index (χ2v) is 21.5. The molecule has 7 N–H and O–H groups in total. The molecule has 0 aromatic heterocycles. The van der Waals surface area contributed by atoms with Crippen molar-refractivity contribution in [2.75, 3.05) is 33.0 Å². The Kier molecular flexibility index (Phi) is 46.5. The van der Waals surface area contributed by atoms with Crippen LogP contribution in [-0.4, -0.2) is 142 Å². The Morgan fingerprint density at radius 3 is 1.30 bits per heavy atom. The molecular formula is C65H112O14. The molecule has 2 saturated heterocycles. The van der Waals surface area contributed by atoms with Crippen molar-refractivity contribution < 1.29 is 69.0 Å². The molecule has 2 aliphatic heterocycles. The molecular weight excluding hydrogens is 1000 g/mol. The van der Waals surface area contributed by atoms with E-state index in [0.717, 1.165) is 96.3 Å². The van der Waals surface area contributed by atoms with Crippen LogP contribution < -0.4 is 0 Å². The van der Waals surface area contributed by atoms with Crippen LogP contribution in [0.2, 0.25) is 0 Å². The lowest BCUT2D eigenvalue weighted by Gasteiger charge is -2.42. The van der Waals surface area contributed by atoms with Crippen LogP contribution in [-0.2, 0) is 33.2 Å². The number of carbonyl (C=O) groups excluding carboxylic acids is 1. The monoisotopic (exact) mass is 1120 g/mol. The van der Waals surface area contributed by atoms with Gasteiger partial charge < -0.3 is 64.2 Å². The minimum absolute atomic E-state index is 0.0507. The van der Waals surface area contributed by atoms with E-state index in [0.29, 0.717) is 13.0 Å². The first kappa shape index (κ1) is 72.3. The van der Waals surface area contributed by atoms with Gasteiger partial charge in [-0.25, -0.2) is 0 Å². The second kappa shape index (κ2) is 50.9. The Balaban J connectivity index is 1.70. The zero-order chi connectivity index (χ0) is 57.2. The highest BCUT2D eigenvalue weighted by molar-refractivity contribution is 5.69. The molecule has 456 valence electrons. The van der Waals surface area contributed by atoms with Crippen LogP contribution in [0.15, 0.2) is 85.1 Å². The molecule has 14 heteroatoms. The fourth-order valence-electron chi connectivity index (χ4n) is 9.40. The Bertz CT molecular complexity index is 1630. The number of esters is 1. The summed E-state index contributed by atoms with van der Waals surface area (Å²) >= 11 is 0. The van der Waals surface area contributed by atoms with Gasteiger partial charge >= 0.3 is 5.97 Å². The Morgan fingerprint density at radius 2 is 0.823 bits per heavy atom. The van der Waals surface area contributed by atoms with E-state index in [1.54, 1.807) is 0 Å². The fourth-order valence-corrected chi connectivity index (χ4v) is 9.40. The summed E-state index contributed by atoms with van der Waals surface area (Å²) in [5.41, 5.74) is 0. The number of allylic oxidation sites excluding steroid dienone is 14. The van der Waals surface area contributed by atoms with Crippen molar-refractivity contribution in [3.63, 3.8) is 0 Å². The molecule has 2 heterocycles. The van der Waals surface area contributed by atoms with E-state index < -0.39 is 86.7 Å². The van der Waals surface area contributed by atoms with Gasteiger partial charge in [0.1, 0.15) is 54.9 Å². The van der Waals surface area contributed by atoms with E-state index in [-0.39, 0.29) is 19.6 Å². The summed E-state index contributed by atoms with van der Waals surface area (Å²) in [4.78, 5) is 13.1. The number of aliphatic hydroxyl groups is 7. The lowest BCUT2D eigenvalue weighted by atomic mass is 9.98. The second-order valence-electron chi connectivity index (χ2n) is 21.5. The van der Waals surface area contributed by atoms with Crippen molar-refractivity contribution in [3.8, 4) is 0 Å². The first-order chi connectivity index (χ1) is 38.6. The molecule has 11 atom stereocenters. The maximum atomic E-state index is 13.1. The molecule has 2 aliphatic rings. The molecule has 0 saturated carbocycles. The van der Waals surface area contributed by atoms with Crippen molar-refractivity contribution in [2.24, 2.45) is 0 Å². The zero-order valence-electron chi connectivity index (χ0n) is 49.1. The van der Waals surface area contributed by atoms with E-state index in [2.05, 4.69) is 98.9 Å². The molecule has 14 nitrogen and oxygen atoms in total. The number of rotatable bonds is 50. The molecule has 2 rings (SSSR count). The minimum Gasteiger partial charge on any atom is -0.457 e. The molecule has 79 heavy (non-hydrogen) atoms. The fraction of sp³-hybridized carbons (Fsp3) is 0.769. The lowest BCUT2D eigenvalue weighted by Crippen LogP contribution is -2.61. The number of unbranched alkanes of at least 4 members (excludes halogenated alkanes) is 22. The van der Waals surface area contributed by atoms with E-state index in [1.807, 2.05) is 0 Å². The summed E-state index contributed by atoms with van der Waals surface area (Å²) in [6.45, 7) is 3.56. The van der Waals surface area contributed by atoms with Crippen LogP contribution in [0.25, 0.3) is 0 Å². The third kappa shape index (κ3) is 37.1. The van der Waals surface area contributed by atoms with Gasteiger partial charge in [-0.1, -0.05) is 208 Å². The predicted molar refractivity (Wildman–Crippen MR) is 316 cm³/mol. The quantitative estimate of drug-likeness (QED) is 0.0172. The average molecular weight is 1120 g/mol. The molecule has 0 aromatic rings. The number of ether oxygens (including phenoxy) is 6. The largest absolute Gasteiger partial charge is 0.457 e. The molecule has 0 radical (unpaired) electrons. The van der Waals surface area contributed by atoms with Crippen molar-refractivity contribution >= 4 is 5.97 Å². The zero-order valence-corrected chi connectivity index (χ0v) is 49.1. The van der Waals surface area contributed by atoms with Gasteiger partial charge in [-0.15, -0.1) is 0 Å². The van der Waals surface area contributed by atoms with Crippen LogP contribution in [0.3, 0.4) is 0 Å². The smallest absolute Gasteiger partial charge is 0.306 e. The third-order valence-corrected chi connectivity index (χ3v) is 14.4. The average Bonchev–Trinajstić information content (AvgIpc) is 3.46. The third-order valence-electron chi connectivity index (χ3n) is 14.4. The standard InChI is InChI=1S/C65H112O14/c1-3-5-7-9-11-13-15-17-19-21-23-25-26-27-28-29-30-32-34-36-38-40-42-44-46-48-57(67)77-54(51-74-49-47-45-43-41-39-37-35-33-31-24-22-20-18-16-14-12-10-8-6-4-2)52-75-64-63(73)61(71)59(69)56(79-64)53-76-65-62(72)60(70)58(68)55(50-66)78-65/h5,7,11,13,17-20,23,25,27-28,30,32,54-56,58-66,68-73H,3-4,6,8-10,12,14-16,21-22,24,26,29,31,33-53H2,1-2H3/b7-5-,13-11-,19-17-,20-18-,25-23-,28-27-,32-30-. The van der Waals surface area contributed by atoms with Crippen LogP contribution in [0.1, 0.15) is 219 Å². The summed E-state index contributed by atoms with van der Waals surface area (Å²) in [5, 5.41) is 72.5. The summed E-state index contributed by atoms with van der Waals surface area (Å²) in [5.74, 6) is -0.392. The van der Waals surface area contributed by atoms with Crippen LogP contribution in [0.5, 0.6) is 0 Å². The van der Waals surface area contributed by atoms with Gasteiger partial charge in [0, 0.05) is 13.0 Å². The SMILES string of the molecule is CC/C=C\C/C=C\C/C=C\C/C=C\C/C=C\C/C=C\CCCCCCCCC(=O)OC(COCCCCCCCCCCCC/C=C\CCCCCCCC)COC1OC(COC2OC(CO)C(O)C(O)C2O)C(O)C(O)C1O. The van der Waals surface area contributed by atoms with Crippen molar-refractivity contribution in [3.05, 3.63) is 85.1 Å². The summed E-state index contributed by atoms with van der Waals surface area (Å²) < 4.78 is 34.4. The van der Waals surface area contributed by atoms with Crippen molar-refractivity contribution in [2.45, 2.75) is 287 Å². The molecule has 2 fully saturated rings.